The van der Waals surface area contributed by atoms with Crippen LogP contribution in [0.1, 0.15) is 36.7 Å². The highest BCUT2D eigenvalue weighted by Crippen LogP contribution is 2.30. The van der Waals surface area contributed by atoms with Crippen molar-refractivity contribution < 1.29 is 9.53 Å². The van der Waals surface area contributed by atoms with E-state index in [1.54, 1.807) is 19.5 Å². The van der Waals surface area contributed by atoms with Crippen molar-refractivity contribution in [1.82, 2.24) is 25.1 Å². The number of amides is 1. The summed E-state index contributed by atoms with van der Waals surface area (Å²) in [4.78, 5) is 23.7. The summed E-state index contributed by atoms with van der Waals surface area (Å²) in [5.74, 6) is 2.23. The molecule has 1 amide bonds. The number of methoxy groups -OCH3 is 1. The largest absolute Gasteiger partial charge is 0.497 e. The maximum atomic E-state index is 13.0. The lowest BCUT2D eigenvalue weighted by atomic mass is 10.00. The standard InChI is InChI=1S/C21H23N5O2/c1-28-17-6-4-5-15(13-17)14-19(27)26-12-3-2-7-18(26)21-23-20(24-25-21)16-8-10-22-11-9-16/h4-6,8-11,13,18H,2-3,7,12,14H2,1H3,(H,23,24,25). The van der Waals surface area contributed by atoms with Gasteiger partial charge in [-0.2, -0.15) is 5.10 Å². The van der Waals surface area contributed by atoms with Gasteiger partial charge in [-0.05, 0) is 49.1 Å². The third-order valence-corrected chi connectivity index (χ3v) is 5.07. The second-order valence-corrected chi connectivity index (χ2v) is 6.91. The lowest BCUT2D eigenvalue weighted by Crippen LogP contribution is -2.39. The Balaban J connectivity index is 1.53. The predicted molar refractivity (Wildman–Crippen MR) is 105 cm³/mol. The van der Waals surface area contributed by atoms with Crippen molar-refractivity contribution in [2.75, 3.05) is 13.7 Å². The molecule has 0 aliphatic carbocycles. The molecule has 0 radical (unpaired) electrons. The molecular weight excluding hydrogens is 354 g/mol. The number of rotatable bonds is 5. The Hall–Kier alpha value is -3.22. The first kappa shape index (κ1) is 18.2. The molecule has 1 N–H and O–H groups in total. The van der Waals surface area contributed by atoms with E-state index in [1.165, 1.54) is 0 Å². The molecule has 4 rings (SSSR count). The summed E-state index contributed by atoms with van der Waals surface area (Å²) >= 11 is 0. The number of pyridine rings is 1. The number of carbonyl (C=O) groups excluding carboxylic acids is 1. The number of carbonyl (C=O) groups is 1. The van der Waals surface area contributed by atoms with Gasteiger partial charge in [0.15, 0.2) is 5.82 Å². The molecule has 1 saturated heterocycles. The first-order valence-corrected chi connectivity index (χ1v) is 9.49. The monoisotopic (exact) mass is 377 g/mol. The van der Waals surface area contributed by atoms with Crippen LogP contribution in [0.25, 0.3) is 11.4 Å². The molecule has 3 aromatic rings. The Kier molecular flexibility index (Phi) is 5.32. The number of nitrogens with one attached hydrogen (secondary N) is 1. The average molecular weight is 377 g/mol. The number of aromatic amines is 1. The molecule has 3 heterocycles. The van der Waals surface area contributed by atoms with E-state index < -0.39 is 0 Å². The summed E-state index contributed by atoms with van der Waals surface area (Å²) in [6.07, 6.45) is 6.74. The lowest BCUT2D eigenvalue weighted by molar-refractivity contribution is -0.134. The second kappa shape index (κ2) is 8.21. The number of benzene rings is 1. The van der Waals surface area contributed by atoms with Crippen molar-refractivity contribution >= 4 is 5.91 Å². The van der Waals surface area contributed by atoms with Gasteiger partial charge in [0.25, 0.3) is 0 Å². The molecule has 1 aliphatic rings. The fraction of sp³-hybridized carbons (Fsp3) is 0.333. The molecule has 0 saturated carbocycles. The van der Waals surface area contributed by atoms with Crippen LogP contribution in [0.5, 0.6) is 5.75 Å². The fourth-order valence-electron chi connectivity index (χ4n) is 3.63. The molecule has 28 heavy (non-hydrogen) atoms. The number of H-pyrrole nitrogens is 1. The van der Waals surface area contributed by atoms with Gasteiger partial charge in [0, 0.05) is 24.5 Å². The summed E-state index contributed by atoms with van der Waals surface area (Å²) < 4.78 is 5.26. The van der Waals surface area contributed by atoms with Gasteiger partial charge < -0.3 is 9.64 Å². The Morgan fingerprint density at radius 3 is 2.93 bits per heavy atom. The van der Waals surface area contributed by atoms with Crippen molar-refractivity contribution in [3.8, 4) is 17.1 Å². The minimum Gasteiger partial charge on any atom is -0.497 e. The van der Waals surface area contributed by atoms with Gasteiger partial charge in [-0.3, -0.25) is 14.9 Å². The van der Waals surface area contributed by atoms with Crippen molar-refractivity contribution in [1.29, 1.82) is 0 Å². The summed E-state index contributed by atoms with van der Waals surface area (Å²) in [6.45, 7) is 0.735. The molecule has 7 heteroatoms. The zero-order valence-corrected chi connectivity index (χ0v) is 15.8. The number of likely N-dealkylation sites (tertiary alicyclic amines) is 1. The van der Waals surface area contributed by atoms with Crippen molar-refractivity contribution in [3.05, 3.63) is 60.2 Å². The third-order valence-electron chi connectivity index (χ3n) is 5.07. The van der Waals surface area contributed by atoms with Gasteiger partial charge in [0.2, 0.25) is 5.91 Å². The Labute approximate surface area is 163 Å². The van der Waals surface area contributed by atoms with E-state index in [0.717, 1.165) is 48.5 Å². The zero-order chi connectivity index (χ0) is 19.3. The summed E-state index contributed by atoms with van der Waals surface area (Å²) in [5, 5.41) is 7.39. The van der Waals surface area contributed by atoms with Crippen LogP contribution in [-0.2, 0) is 11.2 Å². The number of piperidine rings is 1. The van der Waals surface area contributed by atoms with E-state index in [4.69, 9.17) is 4.74 Å². The molecule has 7 nitrogen and oxygen atoms in total. The highest BCUT2D eigenvalue weighted by Gasteiger charge is 2.30. The number of nitrogens with zero attached hydrogens (tertiary/aromatic N) is 4. The molecule has 1 unspecified atom stereocenters. The number of hydrogen-bond donors (Lipinski definition) is 1. The summed E-state index contributed by atoms with van der Waals surface area (Å²) in [6, 6.07) is 11.3. The molecule has 0 bridgehead atoms. The van der Waals surface area contributed by atoms with Crippen LogP contribution in [0.4, 0.5) is 0 Å². The minimum atomic E-state index is -0.0741. The van der Waals surface area contributed by atoms with Crippen LogP contribution < -0.4 is 4.74 Å². The maximum Gasteiger partial charge on any atom is 0.227 e. The van der Waals surface area contributed by atoms with Crippen LogP contribution >= 0.6 is 0 Å². The molecule has 0 spiro atoms. The first-order valence-electron chi connectivity index (χ1n) is 9.49. The summed E-state index contributed by atoms with van der Waals surface area (Å²) in [7, 11) is 1.63. The SMILES string of the molecule is COc1cccc(CC(=O)N2CCCCC2c2nc(-c3ccncc3)n[nH]2)c1. The lowest BCUT2D eigenvalue weighted by Gasteiger charge is -2.34. The van der Waals surface area contributed by atoms with Crippen molar-refractivity contribution in [2.24, 2.45) is 0 Å². The van der Waals surface area contributed by atoms with Gasteiger partial charge >= 0.3 is 0 Å². The quantitative estimate of drug-likeness (QED) is 0.738. The Bertz CT molecular complexity index is 941. The number of ether oxygens (including phenoxy) is 1. The topological polar surface area (TPSA) is 84.0 Å². The highest BCUT2D eigenvalue weighted by molar-refractivity contribution is 5.79. The van der Waals surface area contributed by atoms with Crippen LogP contribution in [0.15, 0.2) is 48.8 Å². The smallest absolute Gasteiger partial charge is 0.227 e. The van der Waals surface area contributed by atoms with E-state index in [-0.39, 0.29) is 11.9 Å². The highest BCUT2D eigenvalue weighted by atomic mass is 16.5. The fourth-order valence-corrected chi connectivity index (χ4v) is 3.63. The summed E-state index contributed by atoms with van der Waals surface area (Å²) in [5.41, 5.74) is 1.85. The van der Waals surface area contributed by atoms with Crippen LogP contribution in [0, 0.1) is 0 Å². The van der Waals surface area contributed by atoms with Gasteiger partial charge in [-0.25, -0.2) is 4.98 Å². The number of aromatic nitrogens is 4. The average Bonchev–Trinajstić information content (AvgIpc) is 3.25. The van der Waals surface area contributed by atoms with E-state index in [0.29, 0.717) is 12.2 Å². The van der Waals surface area contributed by atoms with E-state index in [1.807, 2.05) is 41.3 Å². The van der Waals surface area contributed by atoms with Crippen LogP contribution in [0.2, 0.25) is 0 Å². The van der Waals surface area contributed by atoms with E-state index >= 15 is 0 Å². The van der Waals surface area contributed by atoms with E-state index in [2.05, 4.69) is 20.2 Å². The first-order chi connectivity index (χ1) is 13.7. The number of hydrogen-bond acceptors (Lipinski definition) is 5. The van der Waals surface area contributed by atoms with Crippen molar-refractivity contribution in [3.63, 3.8) is 0 Å². The van der Waals surface area contributed by atoms with Crippen LogP contribution in [-0.4, -0.2) is 44.6 Å². The molecule has 144 valence electrons. The minimum absolute atomic E-state index is 0.0741. The third kappa shape index (κ3) is 3.88. The molecule has 2 aromatic heterocycles. The van der Waals surface area contributed by atoms with Gasteiger partial charge in [0.05, 0.1) is 19.6 Å². The molecule has 1 aliphatic heterocycles. The van der Waals surface area contributed by atoms with Gasteiger partial charge in [0.1, 0.15) is 11.6 Å². The molecule has 1 atom stereocenters. The molecule has 1 aromatic carbocycles. The van der Waals surface area contributed by atoms with Gasteiger partial charge in [-0.1, -0.05) is 12.1 Å². The normalized spacial score (nSPS) is 16.8. The molecular formula is C21H23N5O2. The Morgan fingerprint density at radius 1 is 1.25 bits per heavy atom. The molecule has 1 fully saturated rings. The van der Waals surface area contributed by atoms with Crippen LogP contribution in [0.3, 0.4) is 0 Å². The van der Waals surface area contributed by atoms with Crippen molar-refractivity contribution in [2.45, 2.75) is 31.7 Å². The Morgan fingerprint density at radius 2 is 2.11 bits per heavy atom. The van der Waals surface area contributed by atoms with Gasteiger partial charge in [-0.15, -0.1) is 0 Å². The van der Waals surface area contributed by atoms with E-state index in [9.17, 15) is 4.79 Å². The predicted octanol–water partition coefficient (Wildman–Crippen LogP) is 3.17. The second-order valence-electron chi connectivity index (χ2n) is 6.91. The zero-order valence-electron chi connectivity index (χ0n) is 15.8. The maximum absolute atomic E-state index is 13.0.